The van der Waals surface area contributed by atoms with Crippen LogP contribution in [0.25, 0.3) is 10.8 Å². The fraction of sp³-hybridized carbons (Fsp3) is 0.729. The lowest BCUT2D eigenvalue weighted by atomic mass is 9.42. The minimum atomic E-state index is -1.78. The van der Waals surface area contributed by atoms with E-state index in [-0.39, 0.29) is 81.4 Å². The Morgan fingerprint density at radius 1 is 0.903 bits per heavy atom. The summed E-state index contributed by atoms with van der Waals surface area (Å²) in [6, 6.07) is 2.29. The third kappa shape index (κ3) is 6.42. The number of aromatic carboxylic acids is 1. The zero-order valence-electron chi connectivity index (χ0n) is 42.3. The summed E-state index contributed by atoms with van der Waals surface area (Å²) in [7, 11) is 0. The molecule has 2 saturated heterocycles. The normalized spacial score (nSPS) is 44.6. The summed E-state index contributed by atoms with van der Waals surface area (Å²) in [5.74, 6) is -0.702. The molecular formula is C59H76O13. The Hall–Kier alpha value is -3.56. The molecular weight excluding hydrogens is 917 g/mol. The number of carboxylic acids is 1. The molecule has 11 aliphatic rings. The second kappa shape index (κ2) is 16.7. The Kier molecular flexibility index (Phi) is 11.2. The van der Waals surface area contributed by atoms with Crippen LogP contribution in [-0.2, 0) is 14.2 Å². The minimum Gasteiger partial charge on any atom is -0.507 e. The number of Topliss-reactive ketones (excluding diaryl/α,β-unsaturated/α-hetero) is 1. The van der Waals surface area contributed by atoms with Crippen molar-refractivity contribution in [2.24, 2.45) is 62.6 Å². The zero-order chi connectivity index (χ0) is 49.9. The fourth-order valence-corrected chi connectivity index (χ4v) is 20.8. The standard InChI is InChI=1S/C59H76O13/c1-31-44(32(2)62)49(64)46-38(48(31)63)20-34(52(67)68)21-42(46)71-53-50(65)51(66)59(43(25-61)72-53)24-39-40-23-54(22-35-26-69-30-57(47(35)40,13-5-19-60)41-10-9-33(27-70-59)45(39)41)15-17-56(28-54)14-11-37-7-3-6-36-8-4-12-55(36)16-18-58(37,56)29-55/h10,20-21,35-37,39-40,43,47,50-51,53,60-61,63-66H,3-9,11-19,22-30H2,1-2H3,(H,67,68). The molecule has 0 radical (unpaired) electrons. The van der Waals surface area contributed by atoms with E-state index in [9.17, 15) is 45.3 Å². The third-order valence-electron chi connectivity index (χ3n) is 23.3. The van der Waals surface area contributed by atoms with Crippen LogP contribution in [0.2, 0.25) is 0 Å². The molecule has 7 saturated carbocycles. The molecule has 3 aliphatic heterocycles. The molecule has 390 valence electrons. The minimum absolute atomic E-state index is 0.0593. The van der Waals surface area contributed by atoms with Gasteiger partial charge in [0.25, 0.3) is 0 Å². The summed E-state index contributed by atoms with van der Waals surface area (Å²) in [6.45, 7) is 3.67. The monoisotopic (exact) mass is 993 g/mol. The summed E-state index contributed by atoms with van der Waals surface area (Å²) >= 11 is 0. The number of phenolic OH excluding ortho intramolecular Hbond substituents is 2. The zero-order valence-corrected chi connectivity index (χ0v) is 42.3. The predicted molar refractivity (Wildman–Crippen MR) is 265 cm³/mol. The molecule has 2 aromatic carbocycles. The van der Waals surface area contributed by atoms with Gasteiger partial charge in [-0.1, -0.05) is 18.9 Å². The molecule has 72 heavy (non-hydrogen) atoms. The smallest absolute Gasteiger partial charge is 0.335 e. The highest BCUT2D eigenvalue weighted by molar-refractivity contribution is 6.11. The van der Waals surface area contributed by atoms with Gasteiger partial charge in [0.05, 0.1) is 36.3 Å². The Labute approximate surface area is 422 Å². The van der Waals surface area contributed by atoms with Crippen molar-refractivity contribution in [2.45, 2.75) is 172 Å². The van der Waals surface area contributed by atoms with Crippen molar-refractivity contribution in [3.8, 4) is 17.2 Å². The second-order valence-corrected chi connectivity index (χ2v) is 25.8. The third-order valence-corrected chi connectivity index (χ3v) is 23.3. The molecule has 16 unspecified atom stereocenters. The highest BCUT2D eigenvalue weighted by Crippen LogP contribution is 2.81. The maximum atomic E-state index is 12.8. The van der Waals surface area contributed by atoms with Crippen molar-refractivity contribution in [1.29, 1.82) is 0 Å². The lowest BCUT2D eigenvalue weighted by Gasteiger charge is -2.64. The number of carbonyl (C=O) groups excluding carboxylic acids is 1. The fourth-order valence-electron chi connectivity index (χ4n) is 20.8. The van der Waals surface area contributed by atoms with Crippen molar-refractivity contribution < 1.29 is 64.3 Å². The van der Waals surface area contributed by atoms with Crippen LogP contribution in [0.15, 0.2) is 34.9 Å². The first-order chi connectivity index (χ1) is 34.6. The Morgan fingerprint density at radius 3 is 2.51 bits per heavy atom. The van der Waals surface area contributed by atoms with E-state index in [1.807, 2.05) is 0 Å². The van der Waals surface area contributed by atoms with E-state index in [0.717, 1.165) is 42.7 Å². The maximum absolute atomic E-state index is 12.8. The summed E-state index contributed by atoms with van der Waals surface area (Å²) < 4.78 is 26.7. The highest BCUT2D eigenvalue weighted by Gasteiger charge is 2.72. The Morgan fingerprint density at radius 2 is 1.72 bits per heavy atom. The van der Waals surface area contributed by atoms with Gasteiger partial charge in [0.15, 0.2) is 5.78 Å². The van der Waals surface area contributed by atoms with Crippen molar-refractivity contribution in [3.63, 3.8) is 0 Å². The topological polar surface area (TPSA) is 213 Å². The number of carbonyl (C=O) groups is 2. The van der Waals surface area contributed by atoms with Crippen molar-refractivity contribution in [3.05, 3.63) is 51.6 Å². The van der Waals surface area contributed by atoms with Crippen LogP contribution < -0.4 is 4.74 Å². The van der Waals surface area contributed by atoms with Crippen LogP contribution in [-0.4, -0.2) is 111 Å². The number of ether oxygens (including phenoxy) is 4. The van der Waals surface area contributed by atoms with E-state index in [4.69, 9.17) is 18.9 Å². The van der Waals surface area contributed by atoms with Gasteiger partial charge >= 0.3 is 5.97 Å². The van der Waals surface area contributed by atoms with Crippen LogP contribution in [0.5, 0.6) is 17.2 Å². The number of aliphatic hydroxyl groups is 4. The number of benzene rings is 2. The van der Waals surface area contributed by atoms with Gasteiger partial charge in [-0.2, -0.15) is 0 Å². The van der Waals surface area contributed by atoms with Crippen molar-refractivity contribution in [2.75, 3.05) is 33.0 Å². The molecule has 2 bridgehead atoms. The average Bonchev–Trinajstić information content (AvgIpc) is 4.18. The number of phenols is 2. The van der Waals surface area contributed by atoms with E-state index in [0.29, 0.717) is 48.2 Å². The number of rotatable bonds is 8. The van der Waals surface area contributed by atoms with Gasteiger partial charge in [-0.3, -0.25) is 4.79 Å². The maximum Gasteiger partial charge on any atom is 0.335 e. The first-order valence-electron chi connectivity index (χ1n) is 27.9. The number of carboxylic acid groups (broad SMARTS) is 1. The number of allylic oxidation sites excluding steroid dienone is 2. The average molecular weight is 993 g/mol. The first kappa shape index (κ1) is 48.1. The number of fused-ring (bicyclic) bond motifs is 3. The molecule has 13 nitrogen and oxygen atoms in total. The van der Waals surface area contributed by atoms with E-state index < -0.39 is 60.1 Å². The summed E-state index contributed by atoms with van der Waals surface area (Å²) in [5, 5.41) is 79.7. The van der Waals surface area contributed by atoms with Gasteiger partial charge in [0, 0.05) is 29.6 Å². The van der Waals surface area contributed by atoms with E-state index in [1.54, 1.807) is 0 Å². The number of aromatic hydroxyl groups is 2. The summed E-state index contributed by atoms with van der Waals surface area (Å²) in [6.07, 6.45) is 20.1. The molecule has 13 heteroatoms. The number of hydrogen-bond donors (Lipinski definition) is 7. The molecule has 7 N–H and O–H groups in total. The van der Waals surface area contributed by atoms with Crippen LogP contribution in [0.4, 0.5) is 0 Å². The molecule has 3 heterocycles. The van der Waals surface area contributed by atoms with Crippen molar-refractivity contribution in [1.82, 2.24) is 0 Å². The van der Waals surface area contributed by atoms with Gasteiger partial charge in [-0.25, -0.2) is 4.79 Å². The van der Waals surface area contributed by atoms with Crippen LogP contribution in [0.3, 0.4) is 0 Å². The van der Waals surface area contributed by atoms with Crippen LogP contribution >= 0.6 is 0 Å². The molecule has 0 aromatic heterocycles. The molecule has 8 aliphatic carbocycles. The quantitative estimate of drug-likeness (QED) is 0.0975. The predicted octanol–water partition coefficient (Wildman–Crippen LogP) is 8.83. The molecule has 5 spiro atoms. The van der Waals surface area contributed by atoms with Gasteiger partial charge in [0.1, 0.15) is 41.2 Å². The van der Waals surface area contributed by atoms with Gasteiger partial charge < -0.3 is 54.7 Å². The SMILES string of the molecule is CC(=O)c1c(C)c(O)c2cc(C(=O)O)cc(OC3OC(CO)C4(CC5C6=C(CC=C6C6(CCCO)COCC7CC8(CCC9(CCC%10CCCC%11CCCC%11%12CCC%109C%12)C8)CC5C76)CO4)C(O)C3O)c2c1O. The summed E-state index contributed by atoms with van der Waals surface area (Å²) in [4.78, 5) is 25.2. The van der Waals surface area contributed by atoms with E-state index >= 15 is 0 Å². The number of hydrogen-bond acceptors (Lipinski definition) is 12. The number of aliphatic hydroxyl groups excluding tert-OH is 4. The second-order valence-electron chi connectivity index (χ2n) is 25.8. The summed E-state index contributed by atoms with van der Waals surface area (Å²) in [5.41, 5.74) is 2.95. The van der Waals surface area contributed by atoms with Crippen LogP contribution in [0, 0.1) is 69.5 Å². The van der Waals surface area contributed by atoms with Gasteiger partial charge in [0.2, 0.25) is 6.29 Å². The highest BCUT2D eigenvalue weighted by atomic mass is 16.7. The molecule has 9 fully saturated rings. The van der Waals surface area contributed by atoms with Gasteiger partial charge in [-0.15, -0.1) is 0 Å². The van der Waals surface area contributed by atoms with E-state index in [1.165, 1.54) is 121 Å². The first-order valence-corrected chi connectivity index (χ1v) is 27.9. The van der Waals surface area contributed by atoms with Crippen LogP contribution in [0.1, 0.15) is 162 Å². The largest absolute Gasteiger partial charge is 0.507 e. The van der Waals surface area contributed by atoms with E-state index in [2.05, 4.69) is 6.08 Å². The lowest BCUT2D eigenvalue weighted by Crippen LogP contribution is -2.70. The molecule has 2 aromatic rings. The molecule has 0 amide bonds. The molecule has 13 rings (SSSR count). The lowest BCUT2D eigenvalue weighted by molar-refractivity contribution is -0.326. The Balaban J connectivity index is 0.867. The Bertz CT molecular complexity index is 2670. The van der Waals surface area contributed by atoms with Crippen molar-refractivity contribution >= 4 is 22.5 Å². The van der Waals surface area contributed by atoms with Gasteiger partial charge in [-0.05, 0) is 215 Å². The molecule has 16 atom stereocenters. The number of ketones is 1.